The highest BCUT2D eigenvalue weighted by Gasteiger charge is 2.24. The first-order chi connectivity index (χ1) is 13.4. The molecule has 1 aliphatic heterocycles. The lowest BCUT2D eigenvalue weighted by molar-refractivity contribution is -0.115. The normalized spacial score (nSPS) is 17.2. The molecule has 2 N–H and O–H groups in total. The number of fused-ring (bicyclic) bond motifs is 1. The van der Waals surface area contributed by atoms with Gasteiger partial charge in [-0.15, -0.1) is 0 Å². The number of aromatic nitrogens is 2. The van der Waals surface area contributed by atoms with E-state index in [9.17, 15) is 4.79 Å². The van der Waals surface area contributed by atoms with Crippen LogP contribution in [0.4, 0.5) is 5.69 Å². The molecule has 28 heavy (non-hydrogen) atoms. The van der Waals surface area contributed by atoms with Crippen LogP contribution in [0.3, 0.4) is 0 Å². The molecule has 2 aromatic carbocycles. The number of aliphatic imine (C=N–C) groups is 1. The molecule has 1 aromatic heterocycles. The summed E-state index contributed by atoms with van der Waals surface area (Å²) in [5.74, 6) is 1.05. The van der Waals surface area contributed by atoms with Crippen molar-refractivity contribution in [3.8, 4) is 0 Å². The molecule has 0 atom stereocenters. The van der Waals surface area contributed by atoms with Gasteiger partial charge in [0.25, 0.3) is 5.91 Å². The third-order valence-corrected chi connectivity index (χ3v) is 5.69. The van der Waals surface area contributed by atoms with Gasteiger partial charge in [-0.25, -0.2) is 9.98 Å². The number of aromatic amines is 1. The number of thioether (sulfide) groups is 1. The molecule has 142 valence electrons. The van der Waals surface area contributed by atoms with E-state index < -0.39 is 0 Å². The van der Waals surface area contributed by atoms with E-state index in [1.54, 1.807) is 18.2 Å². The van der Waals surface area contributed by atoms with E-state index in [1.807, 2.05) is 24.3 Å². The average molecular weight is 431 g/mol. The fraction of sp³-hybridized carbons (Fsp3) is 0.150. The van der Waals surface area contributed by atoms with Gasteiger partial charge in [0, 0.05) is 5.92 Å². The highest BCUT2D eigenvalue weighted by Crippen LogP contribution is 2.35. The maximum absolute atomic E-state index is 12.3. The zero-order valence-electron chi connectivity index (χ0n) is 15.1. The SMILES string of the molecule is CC(C)c1nc2ccc(C=C3SC(=Nc4c(Cl)cccc4Cl)NC3=O)cc2[nH]1. The number of benzene rings is 2. The van der Waals surface area contributed by atoms with E-state index >= 15 is 0 Å². The molecular weight excluding hydrogens is 415 g/mol. The molecule has 1 saturated heterocycles. The van der Waals surface area contributed by atoms with E-state index in [0.29, 0.717) is 31.7 Å². The molecule has 3 aromatic rings. The molecular formula is C20H16Cl2N4OS. The van der Waals surface area contributed by atoms with Gasteiger partial charge in [0.05, 0.1) is 26.0 Å². The third-order valence-electron chi connectivity index (χ3n) is 4.17. The quantitative estimate of drug-likeness (QED) is 0.509. The number of halogens is 2. The Hall–Kier alpha value is -2.28. The van der Waals surface area contributed by atoms with E-state index in [-0.39, 0.29) is 5.91 Å². The molecule has 0 saturated carbocycles. The van der Waals surface area contributed by atoms with Crippen LogP contribution in [0.15, 0.2) is 46.3 Å². The van der Waals surface area contributed by atoms with Crippen LogP contribution < -0.4 is 5.32 Å². The summed E-state index contributed by atoms with van der Waals surface area (Å²) in [6.45, 7) is 4.18. The zero-order chi connectivity index (χ0) is 19.8. The second-order valence-corrected chi connectivity index (χ2v) is 8.45. The number of para-hydroxylation sites is 1. The number of rotatable bonds is 3. The zero-order valence-corrected chi connectivity index (χ0v) is 17.4. The standard InChI is InChI=1S/C20H16Cl2N4OS/c1-10(2)18-23-14-7-6-11(8-15(14)24-18)9-16-19(27)26-20(28-16)25-17-12(21)4-3-5-13(17)22/h3-10H,1-2H3,(H,23,24)(H,25,26,27). The maximum Gasteiger partial charge on any atom is 0.264 e. The predicted molar refractivity (Wildman–Crippen MR) is 117 cm³/mol. The molecule has 0 aliphatic carbocycles. The van der Waals surface area contributed by atoms with Crippen molar-refractivity contribution in [2.45, 2.75) is 19.8 Å². The Labute approximate surface area is 176 Å². The molecule has 0 spiro atoms. The second kappa shape index (κ2) is 7.62. The number of carbonyl (C=O) groups is 1. The second-order valence-electron chi connectivity index (χ2n) is 6.61. The van der Waals surface area contributed by atoms with Gasteiger partial charge >= 0.3 is 0 Å². The fourth-order valence-electron chi connectivity index (χ4n) is 2.74. The van der Waals surface area contributed by atoms with E-state index in [2.05, 4.69) is 34.1 Å². The summed E-state index contributed by atoms with van der Waals surface area (Å²) in [5, 5.41) is 4.05. The van der Waals surface area contributed by atoms with Gasteiger partial charge in [0.1, 0.15) is 11.5 Å². The Morgan fingerprint density at radius 2 is 1.93 bits per heavy atom. The van der Waals surface area contributed by atoms with E-state index in [4.69, 9.17) is 23.2 Å². The summed E-state index contributed by atoms with van der Waals surface area (Å²) in [4.78, 5) is 25.2. The van der Waals surface area contributed by atoms with E-state index in [0.717, 1.165) is 22.4 Å². The third kappa shape index (κ3) is 3.81. The first kappa shape index (κ1) is 19.1. The van der Waals surface area contributed by atoms with Crippen molar-refractivity contribution in [1.82, 2.24) is 15.3 Å². The molecule has 1 amide bonds. The molecule has 0 radical (unpaired) electrons. The van der Waals surface area contributed by atoms with Crippen molar-refractivity contribution >= 4 is 68.8 Å². The maximum atomic E-state index is 12.3. The van der Waals surface area contributed by atoms with Gasteiger partial charge in [-0.1, -0.05) is 49.2 Å². The van der Waals surface area contributed by atoms with Crippen LogP contribution in [0, 0.1) is 0 Å². The largest absolute Gasteiger partial charge is 0.342 e. The minimum Gasteiger partial charge on any atom is -0.342 e. The lowest BCUT2D eigenvalue weighted by Crippen LogP contribution is -2.19. The van der Waals surface area contributed by atoms with Gasteiger partial charge in [0.15, 0.2) is 5.17 Å². The van der Waals surface area contributed by atoms with Crippen LogP contribution in [0.25, 0.3) is 17.1 Å². The Morgan fingerprint density at radius 3 is 2.64 bits per heavy atom. The van der Waals surface area contributed by atoms with Crippen LogP contribution in [0.1, 0.15) is 31.2 Å². The Kier molecular flexibility index (Phi) is 5.19. The summed E-state index contributed by atoms with van der Waals surface area (Å²) in [5.41, 5.74) is 3.19. The Balaban J connectivity index is 1.63. The first-order valence-corrected chi connectivity index (χ1v) is 10.2. The minimum atomic E-state index is -0.209. The van der Waals surface area contributed by atoms with Gasteiger partial charge in [-0.2, -0.15) is 0 Å². The van der Waals surface area contributed by atoms with Crippen molar-refractivity contribution < 1.29 is 4.79 Å². The molecule has 4 rings (SSSR count). The molecule has 1 aliphatic rings. The molecule has 0 bridgehead atoms. The highest BCUT2D eigenvalue weighted by molar-refractivity contribution is 8.18. The number of hydrogen-bond donors (Lipinski definition) is 2. The number of amides is 1. The van der Waals surface area contributed by atoms with Crippen LogP contribution in [0.5, 0.6) is 0 Å². The molecule has 0 unspecified atom stereocenters. The topological polar surface area (TPSA) is 70.1 Å². The van der Waals surface area contributed by atoms with Gasteiger partial charge < -0.3 is 10.3 Å². The van der Waals surface area contributed by atoms with Crippen LogP contribution in [0.2, 0.25) is 10.0 Å². The van der Waals surface area contributed by atoms with E-state index in [1.165, 1.54) is 11.8 Å². The predicted octanol–water partition coefficient (Wildman–Crippen LogP) is 5.88. The van der Waals surface area contributed by atoms with Gasteiger partial charge in [-0.3, -0.25) is 4.79 Å². The van der Waals surface area contributed by atoms with Gasteiger partial charge in [-0.05, 0) is 47.7 Å². The van der Waals surface area contributed by atoms with Crippen LogP contribution >= 0.6 is 35.0 Å². The number of amidine groups is 1. The van der Waals surface area contributed by atoms with Crippen LogP contribution in [-0.4, -0.2) is 21.0 Å². The monoisotopic (exact) mass is 430 g/mol. The van der Waals surface area contributed by atoms with Gasteiger partial charge in [0.2, 0.25) is 0 Å². The number of carbonyl (C=O) groups excluding carboxylic acids is 1. The highest BCUT2D eigenvalue weighted by atomic mass is 35.5. The summed E-state index contributed by atoms with van der Waals surface area (Å²) in [7, 11) is 0. The molecule has 5 nitrogen and oxygen atoms in total. The lowest BCUT2D eigenvalue weighted by Gasteiger charge is -2.01. The summed E-state index contributed by atoms with van der Waals surface area (Å²) in [6, 6.07) is 11.0. The lowest BCUT2D eigenvalue weighted by atomic mass is 10.2. The number of imidazole rings is 1. The molecule has 2 heterocycles. The van der Waals surface area contributed by atoms with Crippen molar-refractivity contribution in [2.75, 3.05) is 0 Å². The Bertz CT molecular complexity index is 1130. The number of nitrogens with zero attached hydrogens (tertiary/aromatic N) is 2. The molecule has 8 heteroatoms. The number of H-pyrrole nitrogens is 1. The summed E-state index contributed by atoms with van der Waals surface area (Å²) >= 11 is 13.6. The average Bonchev–Trinajstić information content (AvgIpc) is 3.22. The minimum absolute atomic E-state index is 0.209. The van der Waals surface area contributed by atoms with Crippen LogP contribution in [-0.2, 0) is 4.79 Å². The number of nitrogens with one attached hydrogen (secondary N) is 2. The molecule has 1 fully saturated rings. The van der Waals surface area contributed by atoms with Crippen molar-refractivity contribution in [3.05, 3.63) is 62.7 Å². The van der Waals surface area contributed by atoms with Crippen molar-refractivity contribution in [1.29, 1.82) is 0 Å². The summed E-state index contributed by atoms with van der Waals surface area (Å²) in [6.07, 6.45) is 1.83. The summed E-state index contributed by atoms with van der Waals surface area (Å²) < 4.78 is 0. The number of hydrogen-bond acceptors (Lipinski definition) is 4. The smallest absolute Gasteiger partial charge is 0.264 e. The van der Waals surface area contributed by atoms with Crippen molar-refractivity contribution in [3.63, 3.8) is 0 Å². The fourth-order valence-corrected chi connectivity index (χ4v) is 4.05. The first-order valence-electron chi connectivity index (χ1n) is 8.64. The Morgan fingerprint density at radius 1 is 1.18 bits per heavy atom. The van der Waals surface area contributed by atoms with Crippen molar-refractivity contribution in [2.24, 2.45) is 4.99 Å².